The van der Waals surface area contributed by atoms with E-state index in [1.807, 2.05) is 6.92 Å². The number of ether oxygens (including phenoxy) is 1. The zero-order chi connectivity index (χ0) is 12.8. The number of aromatic amines is 1. The molecule has 2 heterocycles. The lowest BCUT2D eigenvalue weighted by Gasteiger charge is -2.33. The first-order valence-corrected chi connectivity index (χ1v) is 7.33. The van der Waals surface area contributed by atoms with E-state index < -0.39 is 5.60 Å². The van der Waals surface area contributed by atoms with Crippen LogP contribution in [0.25, 0.3) is 0 Å². The minimum absolute atomic E-state index is 0.0858. The summed E-state index contributed by atoms with van der Waals surface area (Å²) in [5.74, 6) is 1.14. The summed E-state index contributed by atoms with van der Waals surface area (Å²) in [6.07, 6.45) is 5.39. The molecule has 1 saturated carbocycles. The van der Waals surface area contributed by atoms with Gasteiger partial charge in [-0.3, -0.25) is 4.79 Å². The number of H-pyrrole nitrogens is 1. The van der Waals surface area contributed by atoms with Crippen LogP contribution in [0.5, 0.6) is 0 Å². The van der Waals surface area contributed by atoms with Gasteiger partial charge in [0.25, 0.3) is 5.56 Å². The Morgan fingerprint density at radius 3 is 2.83 bits per heavy atom. The van der Waals surface area contributed by atoms with Gasteiger partial charge in [-0.25, -0.2) is 4.98 Å². The molecule has 0 amide bonds. The lowest BCUT2D eigenvalue weighted by molar-refractivity contribution is -0.0763. The van der Waals surface area contributed by atoms with Crippen LogP contribution in [0, 0.1) is 0 Å². The number of aromatic nitrogens is 2. The average molecular weight is 313 g/mol. The van der Waals surface area contributed by atoms with Gasteiger partial charge in [-0.1, -0.05) is 0 Å². The van der Waals surface area contributed by atoms with E-state index >= 15 is 0 Å². The highest BCUT2D eigenvalue weighted by atomic mass is 79.9. The summed E-state index contributed by atoms with van der Waals surface area (Å²) in [5, 5.41) is 0. The van der Waals surface area contributed by atoms with Crippen LogP contribution in [0.15, 0.2) is 9.27 Å². The van der Waals surface area contributed by atoms with Crippen LogP contribution >= 0.6 is 15.9 Å². The van der Waals surface area contributed by atoms with Crippen molar-refractivity contribution in [1.29, 1.82) is 0 Å². The third-order valence-corrected chi connectivity index (χ3v) is 4.59. The average Bonchev–Trinajstić information content (AvgIpc) is 3.17. The van der Waals surface area contributed by atoms with Gasteiger partial charge in [-0.05, 0) is 55.0 Å². The van der Waals surface area contributed by atoms with Gasteiger partial charge in [0, 0.05) is 12.5 Å². The van der Waals surface area contributed by atoms with Gasteiger partial charge in [0.2, 0.25) is 0 Å². The molecule has 2 aliphatic rings. The summed E-state index contributed by atoms with van der Waals surface area (Å²) in [6.45, 7) is 2.77. The fourth-order valence-corrected chi connectivity index (χ4v) is 2.99. The fourth-order valence-electron chi connectivity index (χ4n) is 2.47. The molecular formula is C13H17BrN2O2. The highest BCUT2D eigenvalue weighted by Crippen LogP contribution is 2.42. The van der Waals surface area contributed by atoms with Gasteiger partial charge in [-0.2, -0.15) is 0 Å². The molecule has 18 heavy (non-hydrogen) atoms. The summed E-state index contributed by atoms with van der Waals surface area (Å²) in [7, 11) is 0. The van der Waals surface area contributed by atoms with Gasteiger partial charge >= 0.3 is 0 Å². The smallest absolute Gasteiger partial charge is 0.265 e. The van der Waals surface area contributed by atoms with Crippen molar-refractivity contribution < 1.29 is 4.74 Å². The summed E-state index contributed by atoms with van der Waals surface area (Å²) >= 11 is 3.35. The Morgan fingerprint density at radius 2 is 2.22 bits per heavy atom. The Balaban J connectivity index is 2.03. The maximum absolute atomic E-state index is 12.0. The first-order chi connectivity index (χ1) is 8.60. The van der Waals surface area contributed by atoms with Gasteiger partial charge < -0.3 is 9.72 Å². The third-order valence-electron chi connectivity index (χ3n) is 3.82. The van der Waals surface area contributed by atoms with E-state index in [1.54, 1.807) is 0 Å². The Hall–Kier alpha value is -0.680. The van der Waals surface area contributed by atoms with Crippen LogP contribution in [0.3, 0.4) is 0 Å². The standard InChI is InChI=1S/C13H17BrN2O2/c1-13(6-2-3-7-18-13)12-15-10(8-4-5-8)9(14)11(17)16-12/h8H,2-7H2,1H3,(H,15,16,17). The molecule has 1 aromatic rings. The molecule has 0 radical (unpaired) electrons. The normalized spacial score (nSPS) is 28.3. The molecular weight excluding hydrogens is 296 g/mol. The molecule has 1 unspecified atom stereocenters. The Morgan fingerprint density at radius 1 is 1.44 bits per heavy atom. The second kappa shape index (κ2) is 4.46. The maximum Gasteiger partial charge on any atom is 0.265 e. The molecule has 4 nitrogen and oxygen atoms in total. The van der Waals surface area contributed by atoms with E-state index in [2.05, 4.69) is 25.9 Å². The first kappa shape index (κ1) is 12.4. The van der Waals surface area contributed by atoms with E-state index in [0.717, 1.165) is 44.4 Å². The molecule has 0 spiro atoms. The van der Waals surface area contributed by atoms with Gasteiger partial charge in [0.15, 0.2) is 0 Å². The first-order valence-electron chi connectivity index (χ1n) is 6.54. The van der Waals surface area contributed by atoms with Crippen molar-refractivity contribution in [3.8, 4) is 0 Å². The van der Waals surface area contributed by atoms with Crippen molar-refractivity contribution in [1.82, 2.24) is 9.97 Å². The van der Waals surface area contributed by atoms with E-state index in [0.29, 0.717) is 16.2 Å². The predicted octanol–water partition coefficient (Wildman–Crippen LogP) is 2.83. The topological polar surface area (TPSA) is 55.0 Å². The molecule has 0 aromatic carbocycles. The van der Waals surface area contributed by atoms with Crippen LogP contribution in [-0.2, 0) is 10.3 Å². The van der Waals surface area contributed by atoms with Crippen LogP contribution in [0.1, 0.15) is 56.5 Å². The monoisotopic (exact) mass is 312 g/mol. The largest absolute Gasteiger partial charge is 0.367 e. The van der Waals surface area contributed by atoms with Crippen molar-refractivity contribution in [2.45, 2.75) is 50.5 Å². The van der Waals surface area contributed by atoms with Crippen LogP contribution < -0.4 is 5.56 Å². The number of hydrogen-bond donors (Lipinski definition) is 1. The molecule has 0 bridgehead atoms. The molecule has 1 aliphatic carbocycles. The Kier molecular flexibility index (Phi) is 3.06. The number of nitrogens with zero attached hydrogens (tertiary/aromatic N) is 1. The summed E-state index contributed by atoms with van der Waals surface area (Å²) in [5.41, 5.74) is 0.392. The number of nitrogens with one attached hydrogen (secondary N) is 1. The van der Waals surface area contributed by atoms with Crippen molar-refractivity contribution in [2.24, 2.45) is 0 Å². The van der Waals surface area contributed by atoms with E-state index in [1.165, 1.54) is 0 Å². The van der Waals surface area contributed by atoms with E-state index in [9.17, 15) is 4.79 Å². The summed E-state index contributed by atoms with van der Waals surface area (Å²) in [6, 6.07) is 0. The molecule has 5 heteroatoms. The predicted molar refractivity (Wildman–Crippen MR) is 71.7 cm³/mol. The van der Waals surface area contributed by atoms with Crippen molar-refractivity contribution in [3.05, 3.63) is 26.3 Å². The molecule has 98 valence electrons. The lowest BCUT2D eigenvalue weighted by atomic mass is 9.95. The minimum Gasteiger partial charge on any atom is -0.367 e. The van der Waals surface area contributed by atoms with E-state index in [4.69, 9.17) is 4.74 Å². The molecule has 1 N–H and O–H groups in total. The number of halogens is 1. The fraction of sp³-hybridized carbons (Fsp3) is 0.692. The molecule has 1 atom stereocenters. The summed E-state index contributed by atoms with van der Waals surface area (Å²) < 4.78 is 6.44. The number of hydrogen-bond acceptors (Lipinski definition) is 3. The SMILES string of the molecule is CC1(c2nc(C3CC3)c(Br)c(=O)[nH]2)CCCCO1. The second-order valence-electron chi connectivity index (χ2n) is 5.42. The quantitative estimate of drug-likeness (QED) is 0.913. The van der Waals surface area contributed by atoms with Gasteiger partial charge in [0.1, 0.15) is 15.9 Å². The van der Waals surface area contributed by atoms with Crippen molar-refractivity contribution >= 4 is 15.9 Å². The van der Waals surface area contributed by atoms with Crippen molar-refractivity contribution in [2.75, 3.05) is 6.61 Å². The lowest BCUT2D eigenvalue weighted by Crippen LogP contribution is -2.34. The Bertz CT molecular complexity index is 516. The highest BCUT2D eigenvalue weighted by Gasteiger charge is 2.35. The van der Waals surface area contributed by atoms with Crippen LogP contribution in [0.2, 0.25) is 0 Å². The van der Waals surface area contributed by atoms with Gasteiger partial charge in [0.05, 0.1) is 5.69 Å². The zero-order valence-corrected chi connectivity index (χ0v) is 12.0. The molecule has 2 fully saturated rings. The van der Waals surface area contributed by atoms with Crippen molar-refractivity contribution in [3.63, 3.8) is 0 Å². The van der Waals surface area contributed by atoms with E-state index in [-0.39, 0.29) is 5.56 Å². The van der Waals surface area contributed by atoms with Crippen LogP contribution in [0.4, 0.5) is 0 Å². The molecule has 1 aromatic heterocycles. The van der Waals surface area contributed by atoms with Crippen LogP contribution in [-0.4, -0.2) is 16.6 Å². The molecule has 3 rings (SSSR count). The molecule has 1 saturated heterocycles. The summed E-state index contributed by atoms with van der Waals surface area (Å²) in [4.78, 5) is 19.5. The Labute approximate surface area is 114 Å². The maximum atomic E-state index is 12.0. The third kappa shape index (κ3) is 2.14. The number of rotatable bonds is 2. The second-order valence-corrected chi connectivity index (χ2v) is 6.22. The minimum atomic E-state index is -0.429. The zero-order valence-electron chi connectivity index (χ0n) is 10.5. The highest BCUT2D eigenvalue weighted by molar-refractivity contribution is 9.10. The molecule has 1 aliphatic heterocycles. The van der Waals surface area contributed by atoms with Gasteiger partial charge in [-0.15, -0.1) is 0 Å².